The van der Waals surface area contributed by atoms with E-state index in [1.165, 1.54) is 0 Å². The summed E-state index contributed by atoms with van der Waals surface area (Å²) in [6.45, 7) is 1.07. The predicted molar refractivity (Wildman–Crippen MR) is 112 cm³/mol. The van der Waals surface area contributed by atoms with Crippen molar-refractivity contribution in [2.75, 3.05) is 20.1 Å². The summed E-state index contributed by atoms with van der Waals surface area (Å²) in [5.74, 6) is 0.528. The number of carbonyl (C=O) groups is 2. The van der Waals surface area contributed by atoms with Crippen LogP contribution in [0.3, 0.4) is 0 Å². The lowest BCUT2D eigenvalue weighted by molar-refractivity contribution is -0.665. The molecule has 3 heterocycles. The minimum absolute atomic E-state index is 0.00235. The van der Waals surface area contributed by atoms with Gasteiger partial charge in [-0.15, -0.1) is 0 Å². The van der Waals surface area contributed by atoms with Crippen molar-refractivity contribution in [3.05, 3.63) is 66.6 Å². The highest BCUT2D eigenvalue weighted by Crippen LogP contribution is 2.24. The SMILES string of the molecule is C[N+]1(C(=O)NC2CCN(C(=O)Oc3ccccc3)CC2)C=NC(c2cccnc2)=C1. The molecule has 4 rings (SSSR count). The van der Waals surface area contributed by atoms with E-state index < -0.39 is 0 Å². The van der Waals surface area contributed by atoms with Gasteiger partial charge in [0, 0.05) is 37.1 Å². The van der Waals surface area contributed by atoms with Crippen LogP contribution in [0.15, 0.2) is 66.1 Å². The highest BCUT2D eigenvalue weighted by Gasteiger charge is 2.36. The Balaban J connectivity index is 1.30. The van der Waals surface area contributed by atoms with E-state index >= 15 is 0 Å². The molecule has 2 aliphatic rings. The smallest absolute Gasteiger partial charge is 0.410 e. The number of aromatic nitrogens is 1. The van der Waals surface area contributed by atoms with E-state index in [1.54, 1.807) is 49.0 Å². The Bertz CT molecular complexity index is 969. The number of likely N-dealkylation sites (tertiary alicyclic amines) is 1. The third-order valence-electron chi connectivity index (χ3n) is 5.25. The maximum atomic E-state index is 12.9. The summed E-state index contributed by atoms with van der Waals surface area (Å²) >= 11 is 0. The van der Waals surface area contributed by atoms with Gasteiger partial charge in [-0.2, -0.15) is 9.48 Å². The fourth-order valence-electron chi connectivity index (χ4n) is 3.45. The van der Waals surface area contributed by atoms with Crippen molar-refractivity contribution >= 4 is 24.2 Å². The van der Waals surface area contributed by atoms with Gasteiger partial charge in [0.05, 0.1) is 7.05 Å². The first-order valence-electron chi connectivity index (χ1n) is 9.91. The summed E-state index contributed by atoms with van der Waals surface area (Å²) in [5.41, 5.74) is 1.59. The van der Waals surface area contributed by atoms with Crippen molar-refractivity contribution in [2.24, 2.45) is 4.99 Å². The fourth-order valence-corrected chi connectivity index (χ4v) is 3.45. The van der Waals surface area contributed by atoms with E-state index in [0.717, 1.165) is 11.3 Å². The Hall–Kier alpha value is -3.52. The van der Waals surface area contributed by atoms with Gasteiger partial charge in [0.1, 0.15) is 17.6 Å². The molecule has 8 nitrogen and oxygen atoms in total. The van der Waals surface area contributed by atoms with Gasteiger partial charge in [-0.05, 0) is 37.1 Å². The number of carbonyl (C=O) groups excluding carboxylic acids is 2. The second-order valence-corrected chi connectivity index (χ2v) is 7.54. The van der Waals surface area contributed by atoms with E-state index in [1.807, 2.05) is 30.3 Å². The molecule has 154 valence electrons. The molecule has 0 spiro atoms. The highest BCUT2D eigenvalue weighted by molar-refractivity contribution is 5.84. The van der Waals surface area contributed by atoms with Crippen molar-refractivity contribution in [2.45, 2.75) is 18.9 Å². The molecule has 2 aliphatic heterocycles. The zero-order valence-corrected chi connectivity index (χ0v) is 16.8. The molecule has 0 saturated carbocycles. The van der Waals surface area contributed by atoms with Gasteiger partial charge in [0.2, 0.25) is 6.34 Å². The van der Waals surface area contributed by atoms with E-state index in [4.69, 9.17) is 4.74 Å². The molecule has 0 bridgehead atoms. The molecular formula is C22H24N5O3+. The average molecular weight is 406 g/mol. The van der Waals surface area contributed by atoms with Crippen molar-refractivity contribution in [3.8, 4) is 5.75 Å². The van der Waals surface area contributed by atoms with Gasteiger partial charge in [0.15, 0.2) is 0 Å². The topological polar surface area (TPSA) is 83.9 Å². The van der Waals surface area contributed by atoms with Gasteiger partial charge < -0.3 is 15.0 Å². The first kappa shape index (κ1) is 19.8. The molecule has 1 atom stereocenters. The number of nitrogens with zero attached hydrogens (tertiary/aromatic N) is 4. The molecule has 3 amide bonds. The third kappa shape index (κ3) is 4.38. The number of piperidine rings is 1. The number of hydrogen-bond acceptors (Lipinski definition) is 5. The van der Waals surface area contributed by atoms with Crippen LogP contribution in [0.4, 0.5) is 9.59 Å². The van der Waals surface area contributed by atoms with Crippen LogP contribution in [0, 0.1) is 0 Å². The van der Waals surface area contributed by atoms with Gasteiger partial charge in [0.25, 0.3) is 0 Å². The van der Waals surface area contributed by atoms with Crippen molar-refractivity contribution in [1.82, 2.24) is 15.2 Å². The van der Waals surface area contributed by atoms with E-state index in [0.29, 0.717) is 31.7 Å². The van der Waals surface area contributed by atoms with Gasteiger partial charge >= 0.3 is 12.1 Å². The Morgan fingerprint density at radius 2 is 1.90 bits per heavy atom. The van der Waals surface area contributed by atoms with Crippen LogP contribution in [-0.4, -0.2) is 59.0 Å². The predicted octanol–water partition coefficient (Wildman–Crippen LogP) is 3.24. The van der Waals surface area contributed by atoms with Crippen LogP contribution in [0.5, 0.6) is 5.75 Å². The molecule has 8 heteroatoms. The molecular weight excluding hydrogens is 382 g/mol. The third-order valence-corrected chi connectivity index (χ3v) is 5.25. The molecule has 0 radical (unpaired) electrons. The average Bonchev–Trinajstić information content (AvgIpc) is 3.19. The molecule has 1 saturated heterocycles. The van der Waals surface area contributed by atoms with Gasteiger partial charge in [-0.25, -0.2) is 9.59 Å². The summed E-state index contributed by atoms with van der Waals surface area (Å²) < 4.78 is 5.33. The number of para-hydroxylation sites is 1. The van der Waals surface area contributed by atoms with E-state index in [9.17, 15) is 9.59 Å². The molecule has 1 unspecified atom stereocenters. The number of pyridine rings is 1. The quantitative estimate of drug-likeness (QED) is 0.793. The molecule has 1 aromatic heterocycles. The maximum absolute atomic E-state index is 12.9. The second-order valence-electron chi connectivity index (χ2n) is 7.54. The minimum Gasteiger partial charge on any atom is -0.410 e. The van der Waals surface area contributed by atoms with Crippen molar-refractivity contribution < 1.29 is 18.8 Å². The highest BCUT2D eigenvalue weighted by atomic mass is 16.6. The number of urea groups is 1. The number of benzene rings is 1. The van der Waals surface area contributed by atoms with Crippen LogP contribution in [0.1, 0.15) is 18.4 Å². The Kier molecular flexibility index (Phi) is 5.58. The number of nitrogens with one attached hydrogen (secondary N) is 1. The van der Waals surface area contributed by atoms with Crippen LogP contribution in [0.2, 0.25) is 0 Å². The van der Waals surface area contributed by atoms with Gasteiger partial charge in [-0.3, -0.25) is 4.98 Å². The molecule has 2 aromatic rings. The normalized spacial score (nSPS) is 21.2. The van der Waals surface area contributed by atoms with Crippen LogP contribution in [0.25, 0.3) is 5.70 Å². The van der Waals surface area contributed by atoms with Gasteiger partial charge in [-0.1, -0.05) is 18.2 Å². The summed E-state index contributed by atoms with van der Waals surface area (Å²) in [6.07, 6.45) is 7.83. The standard InChI is InChI=1S/C22H23N5O3/c1-27(15-20(24-16-27)17-6-5-11-23-14-17)21(28)25-18-9-12-26(13-10-18)22(29)30-19-7-3-2-4-8-19/h2-8,11,14-16,18H,9-10,12-13H2,1H3/p+1. The fraction of sp³-hybridized carbons (Fsp3) is 0.273. The zero-order chi connectivity index (χ0) is 21.0. The molecule has 1 fully saturated rings. The summed E-state index contributed by atoms with van der Waals surface area (Å²) in [4.78, 5) is 35.3. The van der Waals surface area contributed by atoms with Crippen molar-refractivity contribution in [1.29, 1.82) is 0 Å². The molecule has 1 aromatic carbocycles. The number of aliphatic imine (C=N–C) groups is 1. The number of amides is 3. The summed E-state index contributed by atoms with van der Waals surface area (Å²) in [7, 11) is 1.79. The number of ether oxygens (including phenoxy) is 1. The monoisotopic (exact) mass is 406 g/mol. The van der Waals surface area contributed by atoms with E-state index in [-0.39, 0.29) is 22.6 Å². The van der Waals surface area contributed by atoms with Crippen LogP contribution < -0.4 is 10.1 Å². The summed E-state index contributed by atoms with van der Waals surface area (Å²) in [5, 5.41) is 3.09. The lowest BCUT2D eigenvalue weighted by Gasteiger charge is -2.32. The first-order chi connectivity index (χ1) is 14.5. The van der Waals surface area contributed by atoms with E-state index in [2.05, 4.69) is 15.3 Å². The van der Waals surface area contributed by atoms with Crippen molar-refractivity contribution in [3.63, 3.8) is 0 Å². The lowest BCUT2D eigenvalue weighted by Crippen LogP contribution is -2.54. The Morgan fingerprint density at radius 3 is 2.60 bits per heavy atom. The number of rotatable bonds is 3. The molecule has 0 aliphatic carbocycles. The largest absolute Gasteiger partial charge is 0.427 e. The first-order valence-corrected chi connectivity index (χ1v) is 9.91. The zero-order valence-electron chi connectivity index (χ0n) is 16.8. The van der Waals surface area contributed by atoms with Crippen LogP contribution in [-0.2, 0) is 0 Å². The Labute approximate surface area is 175 Å². The van der Waals surface area contributed by atoms with Crippen LogP contribution >= 0.6 is 0 Å². The molecule has 1 N–H and O–H groups in total. The molecule has 30 heavy (non-hydrogen) atoms. The lowest BCUT2D eigenvalue weighted by atomic mass is 10.1. The maximum Gasteiger partial charge on any atom is 0.427 e. The Morgan fingerprint density at radius 1 is 1.13 bits per heavy atom. The number of quaternary nitrogens is 1. The minimum atomic E-state index is -0.360. The second kappa shape index (κ2) is 8.46. The number of hydrogen-bond donors (Lipinski definition) is 1. The summed E-state index contributed by atoms with van der Waals surface area (Å²) in [6, 6.07) is 12.6.